The molecule has 0 aliphatic carbocycles. The number of unbranched alkanes of at least 4 members (excludes halogenated alkanes) is 27. The summed E-state index contributed by atoms with van der Waals surface area (Å²) >= 11 is 0. The molecule has 0 aliphatic rings. The molecule has 0 saturated heterocycles. The molecule has 352 valence electrons. The van der Waals surface area contributed by atoms with E-state index in [4.69, 9.17) is 14.2 Å². The summed E-state index contributed by atoms with van der Waals surface area (Å²) in [7, 11) is 0. The summed E-state index contributed by atoms with van der Waals surface area (Å²) in [6.45, 7) is 6.47. The van der Waals surface area contributed by atoms with E-state index in [0.717, 1.165) is 103 Å². The molecule has 0 aliphatic heterocycles. The van der Waals surface area contributed by atoms with Crippen molar-refractivity contribution in [2.75, 3.05) is 13.2 Å². The Morgan fingerprint density at radius 1 is 0.344 bits per heavy atom. The largest absolute Gasteiger partial charge is 0.462 e. The van der Waals surface area contributed by atoms with Crippen LogP contribution in [0.3, 0.4) is 0 Å². The van der Waals surface area contributed by atoms with E-state index in [1.165, 1.54) is 109 Å². The summed E-state index contributed by atoms with van der Waals surface area (Å²) in [6.07, 6.45) is 60.6. The minimum absolute atomic E-state index is 0.0910. The second-order valence-corrected chi connectivity index (χ2v) is 17.1. The molecule has 61 heavy (non-hydrogen) atoms. The lowest BCUT2D eigenvalue weighted by molar-refractivity contribution is -0.167. The molecule has 6 nitrogen and oxygen atoms in total. The van der Waals surface area contributed by atoms with E-state index in [9.17, 15) is 14.4 Å². The maximum atomic E-state index is 12.8. The maximum absolute atomic E-state index is 12.8. The Hall–Kier alpha value is -2.89. The molecule has 6 heteroatoms. The maximum Gasteiger partial charge on any atom is 0.306 e. The van der Waals surface area contributed by atoms with Gasteiger partial charge >= 0.3 is 17.9 Å². The van der Waals surface area contributed by atoms with Crippen LogP contribution in [0.4, 0.5) is 0 Å². The van der Waals surface area contributed by atoms with Gasteiger partial charge in [-0.15, -0.1) is 0 Å². The van der Waals surface area contributed by atoms with Crippen molar-refractivity contribution in [3.63, 3.8) is 0 Å². The van der Waals surface area contributed by atoms with Gasteiger partial charge in [0, 0.05) is 19.3 Å². The third-order valence-electron chi connectivity index (χ3n) is 11.0. The lowest BCUT2D eigenvalue weighted by atomic mass is 10.1. The average molecular weight is 853 g/mol. The first-order valence-electron chi connectivity index (χ1n) is 25.8. The standard InChI is InChI=1S/C55H96O6/c1-4-7-10-13-16-19-22-25-27-28-31-33-36-39-42-45-48-54(57)60-51-52(50-59-53(56)47-44-41-38-35-32-29-24-21-18-15-12-9-6-3)61-55(58)49-46-43-40-37-34-30-26-23-20-17-14-11-8-5-2/h9,12,15,18,21,24,27-28,30,34,52H,4-8,10-11,13-14,16-17,19-20,22-23,25-26,29,31-33,35-51H2,1-3H3/b12-9+,18-15+,24-21+,28-27+,34-30+. The molecular weight excluding hydrogens is 757 g/mol. The molecule has 0 aromatic carbocycles. The van der Waals surface area contributed by atoms with E-state index in [0.29, 0.717) is 19.3 Å². The van der Waals surface area contributed by atoms with E-state index in [2.05, 4.69) is 81.5 Å². The Labute approximate surface area is 377 Å². The number of carbonyl (C=O) groups excluding carboxylic acids is 3. The van der Waals surface area contributed by atoms with Crippen LogP contribution in [0.2, 0.25) is 0 Å². The fourth-order valence-electron chi connectivity index (χ4n) is 7.14. The minimum atomic E-state index is -0.792. The first-order valence-corrected chi connectivity index (χ1v) is 25.8. The van der Waals surface area contributed by atoms with Gasteiger partial charge in [0.2, 0.25) is 0 Å². The lowest BCUT2D eigenvalue weighted by Crippen LogP contribution is -2.30. The van der Waals surface area contributed by atoms with E-state index >= 15 is 0 Å². The summed E-state index contributed by atoms with van der Waals surface area (Å²) in [6, 6.07) is 0. The number of hydrogen-bond donors (Lipinski definition) is 0. The van der Waals surface area contributed by atoms with Crippen molar-refractivity contribution in [2.45, 2.75) is 258 Å². The molecule has 0 fully saturated rings. The van der Waals surface area contributed by atoms with Crippen molar-refractivity contribution >= 4 is 17.9 Å². The van der Waals surface area contributed by atoms with Gasteiger partial charge < -0.3 is 14.2 Å². The Kier molecular flexibility index (Phi) is 47.4. The fraction of sp³-hybridized carbons (Fsp3) is 0.764. The number of allylic oxidation sites excluding steroid dienone is 10. The van der Waals surface area contributed by atoms with Crippen LogP contribution in [-0.2, 0) is 28.6 Å². The number of esters is 3. The molecule has 0 N–H and O–H groups in total. The first-order chi connectivity index (χ1) is 30.0. The zero-order valence-corrected chi connectivity index (χ0v) is 40.2. The Morgan fingerprint density at radius 3 is 1.05 bits per heavy atom. The molecule has 0 amide bonds. The van der Waals surface area contributed by atoms with Crippen LogP contribution < -0.4 is 0 Å². The highest BCUT2D eigenvalue weighted by molar-refractivity contribution is 5.71. The zero-order valence-electron chi connectivity index (χ0n) is 40.2. The number of carbonyl (C=O) groups is 3. The van der Waals surface area contributed by atoms with Crippen LogP contribution in [0.1, 0.15) is 252 Å². The predicted molar refractivity (Wildman–Crippen MR) is 261 cm³/mol. The van der Waals surface area contributed by atoms with Gasteiger partial charge in [-0.25, -0.2) is 0 Å². The Bertz CT molecular complexity index is 1120. The van der Waals surface area contributed by atoms with Crippen LogP contribution in [0.15, 0.2) is 60.8 Å². The van der Waals surface area contributed by atoms with Gasteiger partial charge in [-0.2, -0.15) is 0 Å². The molecule has 0 aromatic rings. The van der Waals surface area contributed by atoms with Gasteiger partial charge in [-0.3, -0.25) is 14.4 Å². The number of hydrogen-bond acceptors (Lipinski definition) is 6. The zero-order chi connectivity index (χ0) is 44.4. The van der Waals surface area contributed by atoms with Gasteiger partial charge in [0.15, 0.2) is 6.10 Å². The normalized spacial score (nSPS) is 12.5. The van der Waals surface area contributed by atoms with Crippen LogP contribution in [0.5, 0.6) is 0 Å². The van der Waals surface area contributed by atoms with Crippen molar-refractivity contribution in [1.82, 2.24) is 0 Å². The summed E-state index contributed by atoms with van der Waals surface area (Å²) in [5.41, 5.74) is 0. The highest BCUT2D eigenvalue weighted by Crippen LogP contribution is 2.14. The van der Waals surface area contributed by atoms with E-state index in [1.54, 1.807) is 0 Å². The minimum Gasteiger partial charge on any atom is -0.462 e. The lowest BCUT2D eigenvalue weighted by Gasteiger charge is -2.18. The molecule has 1 unspecified atom stereocenters. The van der Waals surface area contributed by atoms with Crippen LogP contribution in [0.25, 0.3) is 0 Å². The van der Waals surface area contributed by atoms with Crippen LogP contribution in [0, 0.1) is 0 Å². The SMILES string of the molecule is CC/C=C/C=C/C=C/CCCCCCCC(=O)OCC(COC(=O)CCCCCCC/C=C/CCCCCCCCC)OC(=O)CCCCC/C=C/CCCCCCCCC. The van der Waals surface area contributed by atoms with E-state index in [1.807, 2.05) is 0 Å². The molecule has 0 bridgehead atoms. The van der Waals surface area contributed by atoms with Crippen molar-refractivity contribution in [3.8, 4) is 0 Å². The summed E-state index contributed by atoms with van der Waals surface area (Å²) in [5, 5.41) is 0. The molecule has 0 saturated carbocycles. The molecule has 1 atom stereocenters. The molecule has 0 aromatic heterocycles. The third-order valence-corrected chi connectivity index (χ3v) is 11.0. The molecule has 0 rings (SSSR count). The monoisotopic (exact) mass is 853 g/mol. The van der Waals surface area contributed by atoms with Gasteiger partial charge in [0.25, 0.3) is 0 Å². The van der Waals surface area contributed by atoms with Crippen molar-refractivity contribution in [3.05, 3.63) is 60.8 Å². The Balaban J connectivity index is 4.42. The highest BCUT2D eigenvalue weighted by atomic mass is 16.6. The van der Waals surface area contributed by atoms with Gasteiger partial charge in [0.05, 0.1) is 0 Å². The van der Waals surface area contributed by atoms with Crippen molar-refractivity contribution in [1.29, 1.82) is 0 Å². The Morgan fingerprint density at radius 2 is 0.656 bits per heavy atom. The first kappa shape index (κ1) is 58.1. The predicted octanol–water partition coefficient (Wildman–Crippen LogP) is 16.9. The van der Waals surface area contributed by atoms with Gasteiger partial charge in [-0.05, 0) is 89.9 Å². The fourth-order valence-corrected chi connectivity index (χ4v) is 7.14. The third kappa shape index (κ3) is 48.0. The van der Waals surface area contributed by atoms with E-state index < -0.39 is 6.10 Å². The molecule has 0 spiro atoms. The van der Waals surface area contributed by atoms with Gasteiger partial charge in [-0.1, -0.05) is 204 Å². The smallest absolute Gasteiger partial charge is 0.306 e. The quantitative estimate of drug-likeness (QED) is 0.0200. The number of ether oxygens (including phenoxy) is 3. The van der Waals surface area contributed by atoms with Crippen LogP contribution >= 0.6 is 0 Å². The number of rotatable bonds is 46. The molecular formula is C55H96O6. The van der Waals surface area contributed by atoms with Crippen LogP contribution in [-0.4, -0.2) is 37.2 Å². The second-order valence-electron chi connectivity index (χ2n) is 17.1. The van der Waals surface area contributed by atoms with Crippen molar-refractivity contribution in [2.24, 2.45) is 0 Å². The highest BCUT2D eigenvalue weighted by Gasteiger charge is 2.19. The summed E-state index contributed by atoms with van der Waals surface area (Å²) in [5.74, 6) is -0.932. The van der Waals surface area contributed by atoms with Gasteiger partial charge in [0.1, 0.15) is 13.2 Å². The second kappa shape index (κ2) is 49.8. The summed E-state index contributed by atoms with van der Waals surface area (Å²) < 4.78 is 16.8. The molecule has 0 heterocycles. The topological polar surface area (TPSA) is 78.9 Å². The average Bonchev–Trinajstić information content (AvgIpc) is 3.26. The summed E-state index contributed by atoms with van der Waals surface area (Å²) in [4.78, 5) is 37.9. The molecule has 0 radical (unpaired) electrons. The van der Waals surface area contributed by atoms with E-state index in [-0.39, 0.29) is 31.1 Å². The van der Waals surface area contributed by atoms with Crippen molar-refractivity contribution < 1.29 is 28.6 Å².